The molecule has 2 aromatic rings. The van der Waals surface area contributed by atoms with E-state index >= 15 is 0 Å². The van der Waals surface area contributed by atoms with E-state index in [4.69, 9.17) is 0 Å². The molecular formula is C32H41N3O4S. The highest BCUT2D eigenvalue weighted by molar-refractivity contribution is 8.02. The number of fused-ring (bicyclic) bond motifs is 1. The monoisotopic (exact) mass is 563 g/mol. The first kappa shape index (κ1) is 28.7. The molecule has 1 spiro atoms. The van der Waals surface area contributed by atoms with E-state index in [0.717, 1.165) is 28.8 Å². The maximum Gasteiger partial charge on any atom is 0.248 e. The topological polar surface area (TPSA) is 98.7 Å². The third kappa shape index (κ3) is 4.73. The average molecular weight is 564 g/mol. The molecule has 2 unspecified atom stereocenters. The smallest absolute Gasteiger partial charge is 0.248 e. The standard InChI is InChI=1S/C32H41N3O4S/c1-19(2)16-23(18-36)35-27(29(38)34-26-20(3)10-9-11-21(26)4)32-15-14-31(5,40-32)24(25(32)30(35)39)28(37)33-17-22-12-7-6-8-13-22/h6-13,19,23-25,27,36H,14-18H2,1-5H3,(H,33,37)(H,34,38)/t23-,24-,25+,27?,31+,32?/m1/s1. The third-order valence-corrected chi connectivity index (χ3v) is 11.1. The van der Waals surface area contributed by atoms with Gasteiger partial charge in [-0.05, 0) is 62.6 Å². The number of carbonyl (C=O) groups excluding carboxylic acids is 3. The molecule has 3 heterocycles. The molecule has 3 aliphatic heterocycles. The quantitative estimate of drug-likeness (QED) is 0.419. The summed E-state index contributed by atoms with van der Waals surface area (Å²) in [5.41, 5.74) is 3.65. The SMILES string of the molecule is Cc1cccc(C)c1NC(=O)C1N([C@@H](CO)CC(C)C)C(=O)[C@@H]2[C@H](C(=O)NCc3ccccc3)[C@]3(C)CCC12S3. The average Bonchev–Trinajstić information content (AvgIpc) is 3.49. The molecule has 6 atom stereocenters. The van der Waals surface area contributed by atoms with Crippen LogP contribution in [0.1, 0.15) is 56.7 Å². The van der Waals surface area contributed by atoms with Gasteiger partial charge in [0.2, 0.25) is 17.7 Å². The van der Waals surface area contributed by atoms with E-state index in [1.165, 1.54) is 0 Å². The van der Waals surface area contributed by atoms with Crippen LogP contribution >= 0.6 is 11.8 Å². The van der Waals surface area contributed by atoms with Crippen LogP contribution in [0.2, 0.25) is 0 Å². The minimum Gasteiger partial charge on any atom is -0.394 e. The second-order valence-electron chi connectivity index (χ2n) is 12.4. The summed E-state index contributed by atoms with van der Waals surface area (Å²) in [6.45, 7) is 10.3. The molecule has 3 aliphatic rings. The van der Waals surface area contributed by atoms with Gasteiger partial charge in [0, 0.05) is 17.0 Å². The van der Waals surface area contributed by atoms with Crippen LogP contribution in [0.5, 0.6) is 0 Å². The molecule has 2 aromatic carbocycles. The fourth-order valence-electron chi connectivity index (χ4n) is 7.38. The van der Waals surface area contributed by atoms with Gasteiger partial charge >= 0.3 is 0 Å². The second-order valence-corrected chi connectivity index (χ2v) is 14.3. The number of aliphatic hydroxyl groups excluding tert-OH is 1. The molecule has 40 heavy (non-hydrogen) atoms. The number of carbonyl (C=O) groups is 3. The zero-order valence-electron chi connectivity index (χ0n) is 24.1. The lowest BCUT2D eigenvalue weighted by atomic mass is 9.66. The number of para-hydroxylation sites is 1. The first-order valence-electron chi connectivity index (χ1n) is 14.3. The normalized spacial score (nSPS) is 29.5. The number of benzene rings is 2. The van der Waals surface area contributed by atoms with Gasteiger partial charge in [-0.25, -0.2) is 0 Å². The van der Waals surface area contributed by atoms with E-state index in [1.54, 1.807) is 16.7 Å². The van der Waals surface area contributed by atoms with Gasteiger partial charge in [0.1, 0.15) is 6.04 Å². The first-order chi connectivity index (χ1) is 19.0. The van der Waals surface area contributed by atoms with E-state index in [9.17, 15) is 19.5 Å². The summed E-state index contributed by atoms with van der Waals surface area (Å²) in [5, 5.41) is 16.8. The molecule has 0 aliphatic carbocycles. The molecule has 3 saturated heterocycles. The van der Waals surface area contributed by atoms with Gasteiger partial charge in [-0.2, -0.15) is 0 Å². The molecule has 3 fully saturated rings. The highest BCUT2D eigenvalue weighted by Gasteiger charge is 2.77. The number of anilines is 1. The largest absolute Gasteiger partial charge is 0.394 e. The Kier molecular flexibility index (Phi) is 7.79. The van der Waals surface area contributed by atoms with Crippen LogP contribution in [0, 0.1) is 31.6 Å². The van der Waals surface area contributed by atoms with Crippen molar-refractivity contribution in [1.82, 2.24) is 10.2 Å². The third-order valence-electron chi connectivity index (χ3n) is 9.13. The fourth-order valence-corrected chi connectivity index (χ4v) is 9.72. The Labute approximate surface area is 241 Å². The van der Waals surface area contributed by atoms with E-state index in [2.05, 4.69) is 31.4 Å². The molecule has 0 radical (unpaired) electrons. The highest BCUT2D eigenvalue weighted by Crippen LogP contribution is 2.71. The molecule has 0 saturated carbocycles. The summed E-state index contributed by atoms with van der Waals surface area (Å²) in [7, 11) is 0. The van der Waals surface area contributed by atoms with Crippen LogP contribution in [0.3, 0.4) is 0 Å². The molecule has 2 bridgehead atoms. The Morgan fingerprint density at radius 1 is 1.05 bits per heavy atom. The van der Waals surface area contributed by atoms with Crippen molar-refractivity contribution in [2.45, 2.75) is 82.0 Å². The number of aryl methyl sites for hydroxylation is 2. The zero-order valence-corrected chi connectivity index (χ0v) is 24.9. The number of rotatable bonds is 9. The lowest BCUT2D eigenvalue weighted by molar-refractivity contribution is -0.143. The Hall–Kier alpha value is -2.84. The van der Waals surface area contributed by atoms with Crippen LogP contribution in [-0.4, -0.2) is 55.9 Å². The molecule has 214 valence electrons. The minimum absolute atomic E-state index is 0.140. The Bertz CT molecular complexity index is 1280. The molecule has 3 N–H and O–H groups in total. The van der Waals surface area contributed by atoms with E-state index in [1.807, 2.05) is 62.4 Å². The van der Waals surface area contributed by atoms with Gasteiger partial charge in [0.05, 0.1) is 29.2 Å². The number of amides is 3. The summed E-state index contributed by atoms with van der Waals surface area (Å²) < 4.78 is -1.18. The molecule has 0 aromatic heterocycles. The number of hydrogen-bond acceptors (Lipinski definition) is 5. The zero-order chi connectivity index (χ0) is 28.8. The number of likely N-dealkylation sites (tertiary alicyclic amines) is 1. The molecule has 7 nitrogen and oxygen atoms in total. The number of nitrogens with zero attached hydrogens (tertiary/aromatic N) is 1. The molecule has 3 amide bonds. The molecule has 5 rings (SSSR count). The van der Waals surface area contributed by atoms with Crippen molar-refractivity contribution in [2.75, 3.05) is 11.9 Å². The Morgan fingerprint density at radius 2 is 1.73 bits per heavy atom. The van der Waals surface area contributed by atoms with Crippen LogP contribution in [-0.2, 0) is 20.9 Å². The van der Waals surface area contributed by atoms with Crippen molar-refractivity contribution in [2.24, 2.45) is 17.8 Å². The predicted molar refractivity (Wildman–Crippen MR) is 159 cm³/mol. The van der Waals surface area contributed by atoms with Crippen molar-refractivity contribution in [3.8, 4) is 0 Å². The van der Waals surface area contributed by atoms with Crippen molar-refractivity contribution >= 4 is 35.2 Å². The number of aliphatic hydroxyl groups is 1. The van der Waals surface area contributed by atoms with Gasteiger partial charge in [-0.1, -0.05) is 62.4 Å². The fraction of sp³-hybridized carbons (Fsp3) is 0.531. The van der Waals surface area contributed by atoms with Crippen molar-refractivity contribution in [3.63, 3.8) is 0 Å². The number of nitrogens with one attached hydrogen (secondary N) is 2. The predicted octanol–water partition coefficient (Wildman–Crippen LogP) is 4.45. The van der Waals surface area contributed by atoms with Gasteiger partial charge in [-0.15, -0.1) is 11.8 Å². The highest BCUT2D eigenvalue weighted by atomic mass is 32.2. The number of hydrogen-bond donors (Lipinski definition) is 3. The Morgan fingerprint density at radius 3 is 2.35 bits per heavy atom. The van der Waals surface area contributed by atoms with E-state index in [-0.39, 0.29) is 30.2 Å². The second kappa shape index (κ2) is 10.9. The summed E-state index contributed by atoms with van der Waals surface area (Å²) in [5.74, 6) is -1.52. The summed E-state index contributed by atoms with van der Waals surface area (Å²) in [6, 6.07) is 14.3. The Balaban J connectivity index is 1.52. The van der Waals surface area contributed by atoms with Crippen LogP contribution in [0.25, 0.3) is 0 Å². The lowest BCUT2D eigenvalue weighted by Crippen LogP contribution is -2.55. The van der Waals surface area contributed by atoms with Gasteiger partial charge in [0.15, 0.2) is 0 Å². The van der Waals surface area contributed by atoms with Crippen molar-refractivity contribution in [1.29, 1.82) is 0 Å². The van der Waals surface area contributed by atoms with E-state index < -0.39 is 33.4 Å². The van der Waals surface area contributed by atoms with Gasteiger partial charge in [0.25, 0.3) is 0 Å². The number of thioether (sulfide) groups is 1. The van der Waals surface area contributed by atoms with Crippen LogP contribution in [0.4, 0.5) is 5.69 Å². The summed E-state index contributed by atoms with van der Waals surface area (Å²) >= 11 is 1.65. The summed E-state index contributed by atoms with van der Waals surface area (Å²) in [4.78, 5) is 44.2. The van der Waals surface area contributed by atoms with Gasteiger partial charge in [-0.3, -0.25) is 14.4 Å². The minimum atomic E-state index is -0.779. The maximum atomic E-state index is 14.4. The molecular weight excluding hydrogens is 522 g/mol. The molecule has 8 heteroatoms. The first-order valence-corrected chi connectivity index (χ1v) is 15.2. The van der Waals surface area contributed by atoms with Crippen molar-refractivity contribution in [3.05, 3.63) is 65.2 Å². The van der Waals surface area contributed by atoms with Crippen LogP contribution < -0.4 is 10.6 Å². The van der Waals surface area contributed by atoms with Crippen molar-refractivity contribution < 1.29 is 19.5 Å². The van der Waals surface area contributed by atoms with E-state index in [0.29, 0.717) is 19.4 Å². The summed E-state index contributed by atoms with van der Waals surface area (Å²) in [6.07, 6.45) is 2.00. The maximum absolute atomic E-state index is 14.4. The van der Waals surface area contributed by atoms with Gasteiger partial charge < -0.3 is 20.6 Å². The lowest BCUT2D eigenvalue weighted by Gasteiger charge is -2.37. The van der Waals surface area contributed by atoms with Crippen LogP contribution in [0.15, 0.2) is 48.5 Å².